The maximum absolute atomic E-state index is 11.9. The molecule has 0 saturated carbocycles. The van der Waals surface area contributed by atoms with E-state index in [9.17, 15) is 24.0 Å². The van der Waals surface area contributed by atoms with Gasteiger partial charge in [0.1, 0.15) is 18.8 Å². The van der Waals surface area contributed by atoms with E-state index >= 15 is 0 Å². The van der Waals surface area contributed by atoms with Crippen molar-refractivity contribution in [3.63, 3.8) is 0 Å². The number of hydrogen-bond acceptors (Lipinski definition) is 13. The molecule has 1 aliphatic rings. The van der Waals surface area contributed by atoms with Crippen LogP contribution < -0.4 is 5.73 Å². The van der Waals surface area contributed by atoms with Crippen molar-refractivity contribution in [2.45, 2.75) is 77.3 Å². The molecule has 33 heavy (non-hydrogen) atoms. The summed E-state index contributed by atoms with van der Waals surface area (Å²) in [7, 11) is 1.30. The molecule has 1 heterocycles. The van der Waals surface area contributed by atoms with Gasteiger partial charge in [0.2, 0.25) is 0 Å². The molecule has 13 nitrogen and oxygen atoms in total. The van der Waals surface area contributed by atoms with Crippen molar-refractivity contribution in [2.24, 2.45) is 5.73 Å². The summed E-state index contributed by atoms with van der Waals surface area (Å²) in [5.74, 6) is -5.27. The average Bonchev–Trinajstić information content (AvgIpc) is 2.69. The highest BCUT2D eigenvalue weighted by atomic mass is 16.7. The molecule has 2 N–H and O–H groups in total. The molecule has 0 aromatic carbocycles. The second-order valence-electron chi connectivity index (χ2n) is 7.35. The van der Waals surface area contributed by atoms with Crippen LogP contribution in [0.4, 0.5) is 0 Å². The van der Waals surface area contributed by atoms with E-state index in [4.69, 9.17) is 38.9 Å². The number of carbonyl (C=O) groups is 5. The fourth-order valence-corrected chi connectivity index (χ4v) is 3.41. The normalized spacial score (nSPS) is 26.3. The van der Waals surface area contributed by atoms with Gasteiger partial charge in [-0.3, -0.25) is 24.0 Å². The van der Waals surface area contributed by atoms with Crippen molar-refractivity contribution in [3.05, 3.63) is 0 Å². The predicted molar refractivity (Wildman–Crippen MR) is 107 cm³/mol. The summed E-state index contributed by atoms with van der Waals surface area (Å²) in [6.45, 7) is 4.84. The van der Waals surface area contributed by atoms with Crippen LogP contribution in [0, 0.1) is 0 Å². The number of nitrogens with two attached hydrogens (primary N) is 1. The van der Waals surface area contributed by atoms with Crippen LogP contribution in [0.25, 0.3) is 0 Å². The minimum Gasteiger partial charge on any atom is -0.462 e. The zero-order valence-electron chi connectivity index (χ0n) is 19.5. The zero-order chi connectivity index (χ0) is 25.3. The molecule has 6 atom stereocenters. The summed E-state index contributed by atoms with van der Waals surface area (Å²) in [6.07, 6.45) is -6.82. The molecule has 0 unspecified atom stereocenters. The molecule has 13 heteroatoms. The van der Waals surface area contributed by atoms with E-state index in [0.29, 0.717) is 0 Å². The Labute approximate surface area is 191 Å². The van der Waals surface area contributed by atoms with Crippen molar-refractivity contribution in [3.8, 4) is 0 Å². The van der Waals surface area contributed by atoms with Gasteiger partial charge in [0.05, 0.1) is 0 Å². The molecule has 1 rings (SSSR count). The Kier molecular flexibility index (Phi) is 10.7. The van der Waals surface area contributed by atoms with Gasteiger partial charge >= 0.3 is 29.8 Å². The smallest absolute Gasteiger partial charge is 0.303 e. The van der Waals surface area contributed by atoms with Crippen LogP contribution in [0.3, 0.4) is 0 Å². The lowest BCUT2D eigenvalue weighted by Crippen LogP contribution is -2.65. The highest BCUT2D eigenvalue weighted by Gasteiger charge is 2.55. The van der Waals surface area contributed by atoms with E-state index in [0.717, 1.165) is 34.6 Å². The van der Waals surface area contributed by atoms with E-state index in [-0.39, 0.29) is 13.0 Å². The Morgan fingerprint density at radius 3 is 1.91 bits per heavy atom. The van der Waals surface area contributed by atoms with Gasteiger partial charge in [0, 0.05) is 54.7 Å². The van der Waals surface area contributed by atoms with Gasteiger partial charge in [-0.1, -0.05) is 0 Å². The lowest BCUT2D eigenvalue weighted by molar-refractivity contribution is -0.328. The molecule has 0 aromatic heterocycles. The quantitative estimate of drug-likeness (QED) is 0.311. The van der Waals surface area contributed by atoms with Crippen LogP contribution in [0.1, 0.15) is 41.0 Å². The number of hydrogen-bond donors (Lipinski definition) is 1. The van der Waals surface area contributed by atoms with E-state index < -0.39 is 72.8 Å². The first-order chi connectivity index (χ1) is 15.3. The minimum atomic E-state index is -1.54. The van der Waals surface area contributed by atoms with Crippen molar-refractivity contribution < 1.29 is 57.1 Å². The first-order valence-corrected chi connectivity index (χ1v) is 10.1. The van der Waals surface area contributed by atoms with Crippen LogP contribution in [0.15, 0.2) is 0 Å². The van der Waals surface area contributed by atoms with Crippen molar-refractivity contribution in [1.82, 2.24) is 0 Å². The van der Waals surface area contributed by atoms with Crippen molar-refractivity contribution in [2.75, 3.05) is 20.3 Å². The first kappa shape index (κ1) is 28.3. The van der Waals surface area contributed by atoms with Gasteiger partial charge in [-0.25, -0.2) is 0 Å². The fourth-order valence-electron chi connectivity index (χ4n) is 3.41. The van der Waals surface area contributed by atoms with Crippen LogP contribution in [0.2, 0.25) is 0 Å². The second-order valence-corrected chi connectivity index (χ2v) is 7.35. The summed E-state index contributed by atoms with van der Waals surface area (Å²) < 4.78 is 37.7. The number of methoxy groups -OCH3 is 1. The molecule has 0 aliphatic carbocycles. The van der Waals surface area contributed by atoms with Crippen LogP contribution in [-0.2, 0) is 57.1 Å². The number of carbonyl (C=O) groups excluding carboxylic acids is 5. The van der Waals surface area contributed by atoms with E-state index in [1.807, 2.05) is 0 Å². The largest absolute Gasteiger partial charge is 0.462 e. The third-order valence-electron chi connectivity index (χ3n) is 4.62. The molecular weight excluding hydrogens is 446 g/mol. The van der Waals surface area contributed by atoms with Crippen LogP contribution in [0.5, 0.6) is 0 Å². The number of ether oxygens (including phenoxy) is 7. The van der Waals surface area contributed by atoms with E-state index in [2.05, 4.69) is 0 Å². The summed E-state index contributed by atoms with van der Waals surface area (Å²) in [4.78, 5) is 58.7. The van der Waals surface area contributed by atoms with Crippen LogP contribution in [-0.4, -0.2) is 86.4 Å². The molecule has 0 radical (unpaired) electrons. The molecule has 0 amide bonds. The molecule has 0 spiro atoms. The average molecular weight is 477 g/mol. The number of esters is 5. The highest BCUT2D eigenvalue weighted by Crippen LogP contribution is 2.36. The number of rotatable bonds is 10. The maximum Gasteiger partial charge on any atom is 0.303 e. The standard InChI is InChI=1S/C20H31NO12/c1-10(22)28-8-16(30-12(3)24)18(32-14(5)26)19-17(31-13(4)25)15(29-11(2)23)7-20(9-21,27-6)33-19/h15-19H,7-9,21H2,1-6H3/t15-,16-,17+,18+,19+,20-/m0/s1. The molecule has 1 fully saturated rings. The lowest BCUT2D eigenvalue weighted by atomic mass is 9.90. The van der Waals surface area contributed by atoms with Gasteiger partial charge in [0.15, 0.2) is 24.1 Å². The molecule has 1 aliphatic heterocycles. The van der Waals surface area contributed by atoms with Gasteiger partial charge in [-0.15, -0.1) is 0 Å². The molecular formula is C20H31NO12. The van der Waals surface area contributed by atoms with Gasteiger partial charge in [0.25, 0.3) is 0 Å². The van der Waals surface area contributed by atoms with E-state index in [1.165, 1.54) is 7.11 Å². The summed E-state index contributed by atoms with van der Waals surface area (Å²) in [5, 5.41) is 0. The lowest BCUT2D eigenvalue weighted by Gasteiger charge is -2.48. The maximum atomic E-state index is 11.9. The highest BCUT2D eigenvalue weighted by molar-refractivity contribution is 5.69. The van der Waals surface area contributed by atoms with Gasteiger partial charge < -0.3 is 38.9 Å². The summed E-state index contributed by atoms with van der Waals surface area (Å²) >= 11 is 0. The topological polar surface area (TPSA) is 176 Å². The summed E-state index contributed by atoms with van der Waals surface area (Å²) in [6, 6.07) is 0. The Morgan fingerprint density at radius 1 is 0.909 bits per heavy atom. The third-order valence-corrected chi connectivity index (χ3v) is 4.62. The predicted octanol–water partition coefficient (Wildman–Crippen LogP) is -0.633. The Bertz CT molecular complexity index is 735. The molecule has 0 bridgehead atoms. The fraction of sp³-hybridized carbons (Fsp3) is 0.750. The Morgan fingerprint density at radius 2 is 1.48 bits per heavy atom. The van der Waals surface area contributed by atoms with Gasteiger partial charge in [-0.05, 0) is 0 Å². The minimum absolute atomic E-state index is 0.122. The molecule has 1 saturated heterocycles. The second kappa shape index (κ2) is 12.5. The molecule has 0 aromatic rings. The monoisotopic (exact) mass is 477 g/mol. The van der Waals surface area contributed by atoms with Gasteiger partial charge in [-0.2, -0.15) is 0 Å². The van der Waals surface area contributed by atoms with Crippen LogP contribution >= 0.6 is 0 Å². The van der Waals surface area contributed by atoms with Crippen molar-refractivity contribution >= 4 is 29.8 Å². The van der Waals surface area contributed by atoms with Crippen molar-refractivity contribution in [1.29, 1.82) is 0 Å². The first-order valence-electron chi connectivity index (χ1n) is 10.1. The summed E-state index contributed by atoms with van der Waals surface area (Å²) in [5.41, 5.74) is 5.85. The SMILES string of the molecule is CO[C@@]1(CN)C[C@H](OC(C)=O)[C@@H](OC(C)=O)[C@H]([C@H](OC(C)=O)[C@H](COC(C)=O)OC(C)=O)O1. The zero-order valence-corrected chi connectivity index (χ0v) is 19.5. The molecule has 188 valence electrons. The Hall–Kier alpha value is -2.77. The van der Waals surface area contributed by atoms with E-state index in [1.54, 1.807) is 0 Å². The third kappa shape index (κ3) is 8.59. The Balaban J connectivity index is 3.58.